The van der Waals surface area contributed by atoms with Crippen molar-refractivity contribution in [2.45, 2.75) is 25.3 Å². The molecule has 2 heterocycles. The van der Waals surface area contributed by atoms with Crippen molar-refractivity contribution in [1.82, 2.24) is 10.3 Å². The lowest BCUT2D eigenvalue weighted by molar-refractivity contribution is -0.898. The molecule has 2 atom stereocenters. The van der Waals surface area contributed by atoms with E-state index in [1.807, 2.05) is 30.3 Å². The van der Waals surface area contributed by atoms with Gasteiger partial charge in [-0.1, -0.05) is 35.9 Å². The fourth-order valence-electron chi connectivity index (χ4n) is 3.72. The maximum absolute atomic E-state index is 12.4. The van der Waals surface area contributed by atoms with Gasteiger partial charge >= 0.3 is 0 Å². The number of nitrogens with zero attached hydrogens (tertiary/aromatic N) is 1. The van der Waals surface area contributed by atoms with E-state index in [9.17, 15) is 4.79 Å². The molecule has 1 saturated heterocycles. The molecule has 0 aliphatic carbocycles. The molecule has 3 aromatic rings. The van der Waals surface area contributed by atoms with E-state index in [2.05, 4.69) is 23.5 Å². The first kappa shape index (κ1) is 18.4. The van der Waals surface area contributed by atoms with E-state index >= 15 is 0 Å². The van der Waals surface area contributed by atoms with Crippen LogP contribution >= 0.6 is 22.9 Å². The number of aromatic nitrogens is 1. The number of amides is 1. The third kappa shape index (κ3) is 4.67. The van der Waals surface area contributed by atoms with E-state index in [1.54, 1.807) is 11.3 Å². The van der Waals surface area contributed by atoms with Gasteiger partial charge in [-0.2, -0.15) is 0 Å². The molecule has 1 fully saturated rings. The van der Waals surface area contributed by atoms with Crippen LogP contribution in [-0.4, -0.2) is 30.5 Å². The zero-order chi connectivity index (χ0) is 18.6. The number of fused-ring (bicyclic) bond motifs is 1. The lowest BCUT2D eigenvalue weighted by atomic mass is 9.99. The zero-order valence-electron chi connectivity index (χ0n) is 15.1. The monoisotopic (exact) mass is 400 g/mol. The lowest BCUT2D eigenvalue weighted by Crippen LogP contribution is -3.14. The number of nitrogens with one attached hydrogen (secondary N) is 2. The number of likely N-dealkylation sites (tertiary alicyclic amines) is 1. The van der Waals surface area contributed by atoms with Crippen LogP contribution in [0.5, 0.6) is 0 Å². The van der Waals surface area contributed by atoms with Crippen molar-refractivity contribution in [1.29, 1.82) is 0 Å². The van der Waals surface area contributed by atoms with Gasteiger partial charge in [0.25, 0.3) is 5.91 Å². The number of para-hydroxylation sites is 1. The molecule has 1 amide bonds. The van der Waals surface area contributed by atoms with Crippen molar-refractivity contribution in [3.8, 4) is 0 Å². The van der Waals surface area contributed by atoms with Crippen LogP contribution in [0.2, 0.25) is 5.02 Å². The Hall–Kier alpha value is -1.95. The van der Waals surface area contributed by atoms with Gasteiger partial charge in [-0.15, -0.1) is 11.3 Å². The summed E-state index contributed by atoms with van der Waals surface area (Å²) in [6.45, 7) is 3.06. The highest BCUT2D eigenvalue weighted by Gasteiger charge is 2.28. The summed E-state index contributed by atoms with van der Waals surface area (Å²) in [6, 6.07) is 15.9. The fourth-order valence-corrected chi connectivity index (χ4v) is 5.04. The van der Waals surface area contributed by atoms with Crippen molar-refractivity contribution >= 4 is 39.1 Å². The Morgan fingerprint density at radius 1 is 1.26 bits per heavy atom. The van der Waals surface area contributed by atoms with Crippen LogP contribution in [0.3, 0.4) is 0 Å². The molecule has 1 aliphatic rings. The Labute approximate surface area is 168 Å². The highest BCUT2D eigenvalue weighted by atomic mass is 35.5. The molecule has 1 aromatic heterocycles. The maximum Gasteiger partial charge on any atom is 0.275 e. The number of hydrogen-bond acceptors (Lipinski definition) is 3. The average molecular weight is 401 g/mol. The molecular formula is C21H23ClN3OS+. The van der Waals surface area contributed by atoms with Crippen molar-refractivity contribution in [2.24, 2.45) is 0 Å². The standard InChI is InChI=1S/C21H22ClN3OS/c22-17-7-3-5-15(11-17)12-23-20(26)14-25-10-4-6-16(13-25)21-24-18-8-1-2-9-19(18)27-21/h1-3,5,7-9,11,16H,4,6,10,12-14H2,(H,23,26)/p+1/t16-/m1/s1. The Balaban J connectivity index is 1.33. The zero-order valence-corrected chi connectivity index (χ0v) is 16.7. The van der Waals surface area contributed by atoms with E-state index in [0.29, 0.717) is 24.0 Å². The molecule has 6 heteroatoms. The van der Waals surface area contributed by atoms with Crippen LogP contribution in [0.15, 0.2) is 48.5 Å². The second-order valence-corrected chi connectivity index (χ2v) is 8.65. The number of piperidine rings is 1. The molecule has 2 aromatic carbocycles. The number of quaternary nitrogens is 1. The van der Waals surface area contributed by atoms with Crippen molar-refractivity contribution in [3.05, 3.63) is 64.1 Å². The van der Waals surface area contributed by atoms with E-state index in [-0.39, 0.29) is 5.91 Å². The van der Waals surface area contributed by atoms with Crippen molar-refractivity contribution in [2.75, 3.05) is 19.6 Å². The highest BCUT2D eigenvalue weighted by molar-refractivity contribution is 7.18. The molecule has 0 spiro atoms. The van der Waals surface area contributed by atoms with Gasteiger partial charge < -0.3 is 10.2 Å². The second-order valence-electron chi connectivity index (χ2n) is 7.15. The number of halogens is 1. The topological polar surface area (TPSA) is 46.4 Å². The molecule has 2 N–H and O–H groups in total. The van der Waals surface area contributed by atoms with Crippen LogP contribution < -0.4 is 10.2 Å². The molecule has 4 nitrogen and oxygen atoms in total. The van der Waals surface area contributed by atoms with Crippen LogP contribution in [0.4, 0.5) is 0 Å². The van der Waals surface area contributed by atoms with Crippen LogP contribution in [0.25, 0.3) is 10.2 Å². The van der Waals surface area contributed by atoms with Crippen molar-refractivity contribution < 1.29 is 9.69 Å². The normalized spacial score (nSPS) is 19.9. The van der Waals surface area contributed by atoms with Crippen LogP contribution in [0, 0.1) is 0 Å². The van der Waals surface area contributed by atoms with Crippen molar-refractivity contribution in [3.63, 3.8) is 0 Å². The molecule has 27 heavy (non-hydrogen) atoms. The van der Waals surface area contributed by atoms with Crippen LogP contribution in [0.1, 0.15) is 29.3 Å². The fraction of sp³-hybridized carbons (Fsp3) is 0.333. The third-order valence-electron chi connectivity index (χ3n) is 5.07. The number of hydrogen-bond donors (Lipinski definition) is 2. The van der Waals surface area contributed by atoms with Gasteiger partial charge in [-0.3, -0.25) is 4.79 Å². The molecule has 0 saturated carbocycles. The van der Waals surface area contributed by atoms with Gasteiger partial charge in [0.05, 0.1) is 29.2 Å². The molecular weight excluding hydrogens is 378 g/mol. The molecule has 0 bridgehead atoms. The van der Waals surface area contributed by atoms with Gasteiger partial charge in [0, 0.05) is 11.6 Å². The van der Waals surface area contributed by atoms with E-state index in [0.717, 1.165) is 37.0 Å². The second kappa shape index (κ2) is 8.38. The molecule has 1 unspecified atom stereocenters. The summed E-state index contributed by atoms with van der Waals surface area (Å²) in [7, 11) is 0. The number of rotatable bonds is 5. The third-order valence-corrected chi connectivity index (χ3v) is 6.50. The Kier molecular flexibility index (Phi) is 5.72. The number of carbonyl (C=O) groups is 1. The molecule has 1 aliphatic heterocycles. The number of thiazole rings is 1. The van der Waals surface area contributed by atoms with E-state index in [4.69, 9.17) is 16.6 Å². The predicted octanol–water partition coefficient (Wildman–Crippen LogP) is 3.03. The summed E-state index contributed by atoms with van der Waals surface area (Å²) in [6.07, 6.45) is 2.30. The Morgan fingerprint density at radius 2 is 2.15 bits per heavy atom. The van der Waals surface area contributed by atoms with Gasteiger partial charge in [-0.25, -0.2) is 4.98 Å². The van der Waals surface area contributed by atoms with Gasteiger partial charge in [0.15, 0.2) is 6.54 Å². The summed E-state index contributed by atoms with van der Waals surface area (Å²) < 4.78 is 1.25. The quantitative estimate of drug-likeness (QED) is 0.691. The molecule has 140 valence electrons. The van der Waals surface area contributed by atoms with Gasteiger partial charge in [-0.05, 0) is 42.7 Å². The first-order valence-electron chi connectivity index (χ1n) is 9.37. The number of carbonyl (C=O) groups excluding carboxylic acids is 1. The highest BCUT2D eigenvalue weighted by Crippen LogP contribution is 2.30. The number of benzene rings is 2. The Morgan fingerprint density at radius 3 is 3.00 bits per heavy atom. The average Bonchev–Trinajstić information content (AvgIpc) is 3.11. The molecule has 4 rings (SSSR count). The first-order chi connectivity index (χ1) is 13.2. The molecule has 0 radical (unpaired) electrons. The largest absolute Gasteiger partial charge is 0.347 e. The summed E-state index contributed by atoms with van der Waals surface area (Å²) in [5.41, 5.74) is 2.11. The summed E-state index contributed by atoms with van der Waals surface area (Å²) >= 11 is 7.79. The predicted molar refractivity (Wildman–Crippen MR) is 110 cm³/mol. The maximum atomic E-state index is 12.4. The lowest BCUT2D eigenvalue weighted by Gasteiger charge is -2.28. The van der Waals surface area contributed by atoms with E-state index in [1.165, 1.54) is 14.6 Å². The minimum atomic E-state index is 0.0925. The smallest absolute Gasteiger partial charge is 0.275 e. The SMILES string of the molecule is O=C(C[NH+]1CCC[C@@H](c2nc3ccccc3s2)C1)NCc1cccc(Cl)c1. The van der Waals surface area contributed by atoms with Crippen LogP contribution in [-0.2, 0) is 11.3 Å². The van der Waals surface area contributed by atoms with Gasteiger partial charge in [0.2, 0.25) is 0 Å². The minimum Gasteiger partial charge on any atom is -0.347 e. The summed E-state index contributed by atoms with van der Waals surface area (Å²) in [4.78, 5) is 18.5. The van der Waals surface area contributed by atoms with E-state index < -0.39 is 0 Å². The first-order valence-corrected chi connectivity index (χ1v) is 10.6. The minimum absolute atomic E-state index is 0.0925. The summed E-state index contributed by atoms with van der Waals surface area (Å²) in [5.74, 6) is 0.543. The Bertz CT molecular complexity index is 909. The summed E-state index contributed by atoms with van der Waals surface area (Å²) in [5, 5.41) is 4.93. The van der Waals surface area contributed by atoms with Gasteiger partial charge in [0.1, 0.15) is 5.01 Å².